The highest BCUT2D eigenvalue weighted by Crippen LogP contribution is 2.27. The number of hydrogen-bond acceptors (Lipinski definition) is 3. The molecule has 5 nitrogen and oxygen atoms in total. The van der Waals surface area contributed by atoms with Crippen LogP contribution in [0.15, 0.2) is 59.4 Å². The Morgan fingerprint density at radius 2 is 1.78 bits per heavy atom. The van der Waals surface area contributed by atoms with Crippen molar-refractivity contribution in [3.05, 3.63) is 81.8 Å². The van der Waals surface area contributed by atoms with E-state index in [0.717, 1.165) is 33.4 Å². The number of pyridine rings is 1. The van der Waals surface area contributed by atoms with E-state index in [1.165, 1.54) is 0 Å². The average molecular weight is 359 g/mol. The topological polar surface area (TPSA) is 60.0 Å². The lowest BCUT2D eigenvalue weighted by Gasteiger charge is -2.09. The number of aromatic nitrogens is 3. The van der Waals surface area contributed by atoms with Gasteiger partial charge in [-0.05, 0) is 37.6 Å². The van der Waals surface area contributed by atoms with Crippen LogP contribution in [0.4, 0.5) is 0 Å². The molecule has 2 heterocycles. The molecule has 0 saturated carbocycles. The van der Waals surface area contributed by atoms with Crippen LogP contribution in [0.1, 0.15) is 16.8 Å². The fourth-order valence-corrected chi connectivity index (χ4v) is 3.60. The largest absolute Gasteiger partial charge is 0.392 e. The Kier molecular flexibility index (Phi) is 4.16. The van der Waals surface area contributed by atoms with E-state index in [0.29, 0.717) is 11.3 Å². The summed E-state index contributed by atoms with van der Waals surface area (Å²) in [5.74, 6) is 0. The first-order valence-electron chi connectivity index (χ1n) is 8.87. The van der Waals surface area contributed by atoms with Crippen LogP contribution in [0, 0.1) is 13.8 Å². The summed E-state index contributed by atoms with van der Waals surface area (Å²) in [6, 6.07) is 17.3. The first kappa shape index (κ1) is 17.2. The highest BCUT2D eigenvalue weighted by atomic mass is 16.3. The van der Waals surface area contributed by atoms with Gasteiger partial charge in [-0.2, -0.15) is 0 Å². The molecule has 0 aliphatic rings. The van der Waals surface area contributed by atoms with Crippen LogP contribution in [0.2, 0.25) is 0 Å². The molecule has 2 aromatic carbocycles. The van der Waals surface area contributed by atoms with Crippen LogP contribution in [-0.2, 0) is 13.7 Å². The number of rotatable bonds is 3. The Morgan fingerprint density at radius 3 is 2.48 bits per heavy atom. The van der Waals surface area contributed by atoms with Crippen LogP contribution in [0.5, 0.6) is 0 Å². The lowest BCUT2D eigenvalue weighted by Crippen LogP contribution is -2.20. The molecular weight excluding hydrogens is 338 g/mol. The van der Waals surface area contributed by atoms with Gasteiger partial charge in [0.25, 0.3) is 5.56 Å². The number of hydrogen-bond donors (Lipinski definition) is 1. The predicted molar refractivity (Wildman–Crippen MR) is 107 cm³/mol. The zero-order valence-electron chi connectivity index (χ0n) is 15.6. The van der Waals surface area contributed by atoms with E-state index < -0.39 is 0 Å². The molecule has 4 aromatic rings. The third-order valence-electron chi connectivity index (χ3n) is 5.11. The Hall–Kier alpha value is -3.18. The predicted octanol–water partition coefficient (Wildman–Crippen LogP) is 3.50. The minimum atomic E-state index is -0.103. The van der Waals surface area contributed by atoms with Crippen LogP contribution in [0.3, 0.4) is 0 Å². The van der Waals surface area contributed by atoms with Gasteiger partial charge in [0.1, 0.15) is 0 Å². The van der Waals surface area contributed by atoms with E-state index >= 15 is 0 Å². The van der Waals surface area contributed by atoms with Gasteiger partial charge in [0.2, 0.25) is 0 Å². The maximum atomic E-state index is 13.3. The van der Waals surface area contributed by atoms with Crippen LogP contribution < -0.4 is 5.56 Å². The number of fused-ring (bicyclic) bond motifs is 1. The summed E-state index contributed by atoms with van der Waals surface area (Å²) in [6.07, 6.45) is 0. The highest BCUT2D eigenvalue weighted by Gasteiger charge is 2.20. The smallest absolute Gasteiger partial charge is 0.281 e. The second kappa shape index (κ2) is 6.52. The van der Waals surface area contributed by atoms with Gasteiger partial charge < -0.3 is 5.11 Å². The Labute approximate surface area is 157 Å². The maximum Gasteiger partial charge on any atom is 0.281 e. The van der Waals surface area contributed by atoms with Gasteiger partial charge in [-0.25, -0.2) is 9.67 Å². The van der Waals surface area contributed by atoms with Crippen molar-refractivity contribution in [2.24, 2.45) is 7.05 Å². The van der Waals surface area contributed by atoms with Crippen molar-refractivity contribution in [1.82, 2.24) is 14.3 Å². The summed E-state index contributed by atoms with van der Waals surface area (Å²) in [7, 11) is 1.88. The van der Waals surface area contributed by atoms with Gasteiger partial charge in [-0.3, -0.25) is 9.48 Å². The number of aliphatic hydroxyl groups excluding tert-OH is 1. The number of para-hydroxylation sites is 2. The van der Waals surface area contributed by atoms with Gasteiger partial charge in [-0.15, -0.1) is 0 Å². The van der Waals surface area contributed by atoms with Gasteiger partial charge in [0.05, 0.1) is 29.1 Å². The highest BCUT2D eigenvalue weighted by molar-refractivity contribution is 5.87. The first-order valence-corrected chi connectivity index (χ1v) is 8.87. The molecule has 0 amide bonds. The fourth-order valence-electron chi connectivity index (χ4n) is 3.60. The zero-order valence-corrected chi connectivity index (χ0v) is 15.6. The second-order valence-electron chi connectivity index (χ2n) is 6.73. The van der Waals surface area contributed by atoms with E-state index in [4.69, 9.17) is 4.98 Å². The molecule has 5 heteroatoms. The SMILES string of the molecule is Cc1cc(-c2c(C)n(C)n(-c3ccccc3)c2=O)nc2c(CO)cccc12. The zero-order chi connectivity index (χ0) is 19.1. The van der Waals surface area contributed by atoms with Crippen LogP contribution in [-0.4, -0.2) is 19.5 Å². The number of nitrogens with zero attached hydrogens (tertiary/aromatic N) is 3. The molecule has 4 rings (SSSR count). The third kappa shape index (κ3) is 2.67. The minimum absolute atomic E-state index is 0.0880. The molecule has 0 radical (unpaired) electrons. The van der Waals surface area contributed by atoms with Crippen molar-refractivity contribution in [3.63, 3.8) is 0 Å². The van der Waals surface area contributed by atoms with Crippen molar-refractivity contribution in [3.8, 4) is 16.9 Å². The molecule has 0 unspecified atom stereocenters. The molecule has 27 heavy (non-hydrogen) atoms. The van der Waals surface area contributed by atoms with E-state index in [2.05, 4.69) is 0 Å². The summed E-state index contributed by atoms with van der Waals surface area (Å²) in [4.78, 5) is 18.0. The summed E-state index contributed by atoms with van der Waals surface area (Å²) in [5.41, 5.74) is 5.30. The number of benzene rings is 2. The molecule has 0 saturated heterocycles. The van der Waals surface area contributed by atoms with E-state index in [9.17, 15) is 9.90 Å². The standard InChI is InChI=1S/C22H21N3O2/c1-14-12-19(23-21-16(13-26)8-7-11-18(14)21)20-15(2)24(3)25(22(20)27)17-9-5-4-6-10-17/h4-12,26H,13H2,1-3H3. The van der Waals surface area contributed by atoms with Crippen LogP contribution >= 0.6 is 0 Å². The maximum absolute atomic E-state index is 13.3. The molecule has 0 fully saturated rings. The summed E-state index contributed by atoms with van der Waals surface area (Å²) in [6.45, 7) is 3.84. The molecule has 0 aliphatic carbocycles. The van der Waals surface area contributed by atoms with Crippen molar-refractivity contribution < 1.29 is 5.11 Å². The van der Waals surface area contributed by atoms with Crippen molar-refractivity contribution in [2.45, 2.75) is 20.5 Å². The Balaban J connectivity index is 2.02. The van der Waals surface area contributed by atoms with Gasteiger partial charge in [0, 0.05) is 23.7 Å². The first-order chi connectivity index (χ1) is 13.0. The molecule has 0 atom stereocenters. The second-order valence-corrected chi connectivity index (χ2v) is 6.73. The summed E-state index contributed by atoms with van der Waals surface area (Å²) >= 11 is 0. The Morgan fingerprint density at radius 1 is 1.04 bits per heavy atom. The number of aryl methyl sites for hydroxylation is 1. The minimum Gasteiger partial charge on any atom is -0.392 e. The normalized spacial score (nSPS) is 11.3. The van der Waals surface area contributed by atoms with Crippen molar-refractivity contribution in [2.75, 3.05) is 0 Å². The molecule has 136 valence electrons. The molecule has 2 aromatic heterocycles. The lowest BCUT2D eigenvalue weighted by atomic mass is 10.0. The van der Waals surface area contributed by atoms with Crippen molar-refractivity contribution in [1.29, 1.82) is 0 Å². The van der Waals surface area contributed by atoms with Crippen LogP contribution in [0.25, 0.3) is 27.8 Å². The number of aliphatic hydroxyl groups is 1. The average Bonchev–Trinajstić information content (AvgIpc) is 2.90. The third-order valence-corrected chi connectivity index (χ3v) is 5.11. The Bertz CT molecular complexity index is 1200. The van der Waals surface area contributed by atoms with E-state index in [-0.39, 0.29) is 12.2 Å². The quantitative estimate of drug-likeness (QED) is 0.609. The van der Waals surface area contributed by atoms with E-state index in [1.54, 1.807) is 4.68 Å². The molecule has 0 spiro atoms. The van der Waals surface area contributed by atoms with Gasteiger partial charge in [-0.1, -0.05) is 36.4 Å². The molecule has 0 aliphatic heterocycles. The van der Waals surface area contributed by atoms with E-state index in [1.807, 2.05) is 80.2 Å². The van der Waals surface area contributed by atoms with Gasteiger partial charge >= 0.3 is 0 Å². The summed E-state index contributed by atoms with van der Waals surface area (Å²) < 4.78 is 3.51. The van der Waals surface area contributed by atoms with Crippen molar-refractivity contribution >= 4 is 10.9 Å². The lowest BCUT2D eigenvalue weighted by molar-refractivity contribution is 0.283. The fraction of sp³-hybridized carbons (Fsp3) is 0.182. The van der Waals surface area contributed by atoms with Gasteiger partial charge in [0.15, 0.2) is 0 Å². The summed E-state index contributed by atoms with van der Waals surface area (Å²) in [5, 5.41) is 10.7. The molecule has 1 N–H and O–H groups in total. The molecule has 0 bridgehead atoms. The monoisotopic (exact) mass is 359 g/mol. The molecular formula is C22H21N3O2.